The topological polar surface area (TPSA) is 67.2 Å². The van der Waals surface area contributed by atoms with Gasteiger partial charge in [-0.15, -0.1) is 0 Å². The molecule has 4 nitrogen and oxygen atoms in total. The fraction of sp³-hybridized carbons (Fsp3) is 0.0667. The van der Waals surface area contributed by atoms with Gasteiger partial charge in [0.1, 0.15) is 0 Å². The summed E-state index contributed by atoms with van der Waals surface area (Å²) >= 11 is 11.3. The average molecular weight is 320 g/mol. The van der Waals surface area contributed by atoms with Crippen molar-refractivity contribution < 1.29 is 4.79 Å². The van der Waals surface area contributed by atoms with Crippen LogP contribution in [-0.4, -0.2) is 11.0 Å². The molecule has 6 heteroatoms. The summed E-state index contributed by atoms with van der Waals surface area (Å²) in [5.74, 6) is -0.515. The van der Waals surface area contributed by atoms with E-state index in [1.165, 1.54) is 0 Å². The van der Waals surface area contributed by atoms with Crippen LogP contribution in [0.4, 0.5) is 11.4 Å². The van der Waals surface area contributed by atoms with E-state index in [4.69, 9.17) is 29.6 Å². The molecule has 4 N–H and O–H groups in total. The van der Waals surface area contributed by atoms with Crippen molar-refractivity contribution >= 4 is 46.2 Å². The second kappa shape index (κ2) is 6.56. The minimum Gasteiger partial charge on any atom is -0.366 e. The molecule has 0 aromatic heterocycles. The van der Waals surface area contributed by atoms with Gasteiger partial charge in [-0.2, -0.15) is 0 Å². The van der Waals surface area contributed by atoms with E-state index in [0.717, 1.165) is 11.3 Å². The van der Waals surface area contributed by atoms with E-state index in [2.05, 4.69) is 10.6 Å². The van der Waals surface area contributed by atoms with E-state index in [0.29, 0.717) is 21.4 Å². The molecular weight excluding hydrogens is 306 g/mol. The Morgan fingerprint density at radius 3 is 2.57 bits per heavy atom. The molecular formula is C15H14ClN3OS. The first-order valence-corrected chi connectivity index (χ1v) is 6.99. The molecule has 0 heterocycles. The van der Waals surface area contributed by atoms with Gasteiger partial charge in [-0.3, -0.25) is 4.79 Å². The van der Waals surface area contributed by atoms with E-state index in [1.54, 1.807) is 30.3 Å². The van der Waals surface area contributed by atoms with Crippen LogP contribution in [0.25, 0.3) is 0 Å². The smallest absolute Gasteiger partial charge is 0.250 e. The van der Waals surface area contributed by atoms with Crippen molar-refractivity contribution in [2.75, 3.05) is 10.6 Å². The normalized spacial score (nSPS) is 10.0. The molecule has 0 saturated heterocycles. The molecule has 0 aliphatic carbocycles. The molecule has 0 unspecified atom stereocenters. The molecule has 108 valence electrons. The van der Waals surface area contributed by atoms with Crippen molar-refractivity contribution in [3.63, 3.8) is 0 Å². The van der Waals surface area contributed by atoms with Crippen LogP contribution in [0.2, 0.25) is 5.02 Å². The van der Waals surface area contributed by atoms with Gasteiger partial charge in [-0.25, -0.2) is 0 Å². The predicted molar refractivity (Wildman–Crippen MR) is 91.0 cm³/mol. The number of primary amides is 1. The van der Waals surface area contributed by atoms with Gasteiger partial charge in [-0.1, -0.05) is 29.8 Å². The van der Waals surface area contributed by atoms with Gasteiger partial charge in [-0.05, 0) is 49.0 Å². The quantitative estimate of drug-likeness (QED) is 0.757. The molecule has 0 bridgehead atoms. The zero-order valence-electron chi connectivity index (χ0n) is 11.3. The van der Waals surface area contributed by atoms with Crippen molar-refractivity contribution in [1.29, 1.82) is 0 Å². The Morgan fingerprint density at radius 1 is 1.19 bits per heavy atom. The molecule has 0 aliphatic rings. The number of hydrogen-bond donors (Lipinski definition) is 3. The van der Waals surface area contributed by atoms with E-state index < -0.39 is 5.91 Å². The lowest BCUT2D eigenvalue weighted by atomic mass is 10.1. The predicted octanol–water partition coefficient (Wildman–Crippen LogP) is 3.56. The van der Waals surface area contributed by atoms with Crippen LogP contribution in [0.1, 0.15) is 15.9 Å². The summed E-state index contributed by atoms with van der Waals surface area (Å²) in [6.07, 6.45) is 0. The fourth-order valence-electron chi connectivity index (χ4n) is 1.76. The van der Waals surface area contributed by atoms with Crippen molar-refractivity contribution in [1.82, 2.24) is 0 Å². The van der Waals surface area contributed by atoms with Gasteiger partial charge < -0.3 is 16.4 Å². The Labute approximate surface area is 133 Å². The van der Waals surface area contributed by atoms with Gasteiger partial charge in [0.05, 0.1) is 11.3 Å². The third-order valence-corrected chi connectivity index (χ3v) is 3.48. The maximum absolute atomic E-state index is 11.3. The molecule has 1 amide bonds. The minimum atomic E-state index is -0.515. The number of halogens is 1. The van der Waals surface area contributed by atoms with Crippen molar-refractivity contribution in [3.8, 4) is 0 Å². The number of carbonyl (C=O) groups excluding carboxylic acids is 1. The Kier molecular flexibility index (Phi) is 4.77. The lowest BCUT2D eigenvalue weighted by Gasteiger charge is -2.13. The van der Waals surface area contributed by atoms with Gasteiger partial charge in [0, 0.05) is 10.7 Å². The van der Waals surface area contributed by atoms with Crippen LogP contribution in [0.3, 0.4) is 0 Å². The van der Waals surface area contributed by atoms with Crippen LogP contribution in [0, 0.1) is 6.92 Å². The number of rotatable bonds is 3. The van der Waals surface area contributed by atoms with Crippen LogP contribution in [-0.2, 0) is 0 Å². The molecule has 0 saturated carbocycles. The first-order chi connectivity index (χ1) is 9.97. The number of hydrogen-bond acceptors (Lipinski definition) is 2. The Balaban J connectivity index is 2.12. The summed E-state index contributed by atoms with van der Waals surface area (Å²) in [4.78, 5) is 11.3. The summed E-state index contributed by atoms with van der Waals surface area (Å²) in [7, 11) is 0. The second-order valence-electron chi connectivity index (χ2n) is 4.45. The lowest BCUT2D eigenvalue weighted by molar-refractivity contribution is 0.100. The number of amides is 1. The minimum absolute atomic E-state index is 0.351. The highest BCUT2D eigenvalue weighted by molar-refractivity contribution is 7.80. The summed E-state index contributed by atoms with van der Waals surface area (Å²) in [6.45, 7) is 1.92. The molecule has 0 spiro atoms. The van der Waals surface area contributed by atoms with E-state index in [-0.39, 0.29) is 0 Å². The van der Waals surface area contributed by atoms with Crippen molar-refractivity contribution in [3.05, 3.63) is 58.6 Å². The Bertz CT molecular complexity index is 703. The third kappa shape index (κ3) is 3.93. The Morgan fingerprint density at radius 2 is 1.90 bits per heavy atom. The fourth-order valence-corrected chi connectivity index (χ4v) is 2.17. The first kappa shape index (κ1) is 15.3. The Hall–Kier alpha value is -2.11. The zero-order chi connectivity index (χ0) is 15.4. The third-order valence-electron chi connectivity index (χ3n) is 2.87. The lowest BCUT2D eigenvalue weighted by Crippen LogP contribution is -2.22. The van der Waals surface area contributed by atoms with Crippen LogP contribution in [0.15, 0.2) is 42.5 Å². The van der Waals surface area contributed by atoms with Gasteiger partial charge in [0.2, 0.25) is 0 Å². The maximum atomic E-state index is 11.3. The number of benzene rings is 2. The number of nitrogens with one attached hydrogen (secondary N) is 2. The zero-order valence-corrected chi connectivity index (χ0v) is 12.9. The van der Waals surface area contributed by atoms with E-state index >= 15 is 0 Å². The largest absolute Gasteiger partial charge is 0.366 e. The highest BCUT2D eigenvalue weighted by atomic mass is 35.5. The van der Waals surface area contributed by atoms with Gasteiger partial charge in [0.25, 0.3) is 5.91 Å². The number of carbonyl (C=O) groups is 1. The van der Waals surface area contributed by atoms with Crippen molar-refractivity contribution in [2.45, 2.75) is 6.92 Å². The molecule has 0 fully saturated rings. The number of para-hydroxylation sites is 1. The monoisotopic (exact) mass is 319 g/mol. The molecule has 0 aliphatic heterocycles. The van der Waals surface area contributed by atoms with E-state index in [1.807, 2.05) is 19.1 Å². The number of anilines is 2. The number of nitrogens with two attached hydrogens (primary N) is 1. The molecule has 2 aromatic carbocycles. The summed E-state index contributed by atoms with van der Waals surface area (Å²) in [5.41, 5.74) is 8.00. The molecule has 0 radical (unpaired) electrons. The molecule has 2 aromatic rings. The molecule has 21 heavy (non-hydrogen) atoms. The average Bonchev–Trinajstić information content (AvgIpc) is 2.43. The standard InChI is InChI=1S/C15H14ClN3OS/c1-9-6-7-10(8-12(9)16)18-15(21)19-13-5-3-2-4-11(13)14(17)20/h2-8H,1H3,(H2,17,20)(H2,18,19,21). The molecule has 2 rings (SSSR count). The van der Waals surface area contributed by atoms with Crippen LogP contribution < -0.4 is 16.4 Å². The van der Waals surface area contributed by atoms with E-state index in [9.17, 15) is 4.79 Å². The van der Waals surface area contributed by atoms with Crippen molar-refractivity contribution in [2.24, 2.45) is 5.73 Å². The summed E-state index contributed by atoms with van der Waals surface area (Å²) in [6, 6.07) is 12.4. The van der Waals surface area contributed by atoms with Crippen LogP contribution >= 0.6 is 23.8 Å². The maximum Gasteiger partial charge on any atom is 0.250 e. The SMILES string of the molecule is Cc1ccc(NC(=S)Nc2ccccc2C(N)=O)cc1Cl. The highest BCUT2D eigenvalue weighted by Gasteiger charge is 2.08. The van der Waals surface area contributed by atoms with Crippen LogP contribution in [0.5, 0.6) is 0 Å². The number of aryl methyl sites for hydroxylation is 1. The summed E-state index contributed by atoms with van der Waals surface area (Å²) in [5, 5.41) is 6.96. The summed E-state index contributed by atoms with van der Waals surface area (Å²) < 4.78 is 0. The highest BCUT2D eigenvalue weighted by Crippen LogP contribution is 2.20. The second-order valence-corrected chi connectivity index (χ2v) is 5.27. The number of thiocarbonyl (C=S) groups is 1. The first-order valence-electron chi connectivity index (χ1n) is 6.20. The van der Waals surface area contributed by atoms with Gasteiger partial charge in [0.15, 0.2) is 5.11 Å². The van der Waals surface area contributed by atoms with Gasteiger partial charge >= 0.3 is 0 Å². The molecule has 0 atom stereocenters.